The van der Waals surface area contributed by atoms with Crippen LogP contribution in [0.5, 0.6) is 0 Å². The maximum absolute atomic E-state index is 11.6. The highest BCUT2D eigenvalue weighted by molar-refractivity contribution is 5.95. The molecule has 0 atom stereocenters. The topological polar surface area (TPSA) is 32.3 Å². The van der Waals surface area contributed by atoms with Gasteiger partial charge < -0.3 is 10.2 Å². The number of rotatable bonds is 1. The van der Waals surface area contributed by atoms with E-state index in [4.69, 9.17) is 0 Å². The van der Waals surface area contributed by atoms with E-state index >= 15 is 0 Å². The second-order valence-electron chi connectivity index (χ2n) is 4.88. The molecule has 92 valence electrons. The number of carbonyl (C=O) groups excluding carboxylic acids is 1. The monoisotopic (exact) mass is 232 g/mol. The molecule has 0 aliphatic carbocycles. The first-order valence-electron chi connectivity index (χ1n) is 6.25. The first kappa shape index (κ1) is 12.0. The quantitative estimate of drug-likeness (QED) is 0.807. The van der Waals surface area contributed by atoms with E-state index in [1.165, 1.54) is 5.56 Å². The third-order valence-corrected chi connectivity index (χ3v) is 3.23. The molecule has 0 saturated heterocycles. The van der Waals surface area contributed by atoms with Crippen LogP contribution in [-0.2, 0) is 4.79 Å². The van der Waals surface area contributed by atoms with Crippen LogP contribution in [0.2, 0.25) is 0 Å². The van der Waals surface area contributed by atoms with Gasteiger partial charge in [0.15, 0.2) is 0 Å². The number of amides is 1. The van der Waals surface area contributed by atoms with E-state index in [-0.39, 0.29) is 5.91 Å². The van der Waals surface area contributed by atoms with Crippen LogP contribution in [-0.4, -0.2) is 19.0 Å². The molecule has 2 rings (SSSR count). The predicted molar refractivity (Wildman–Crippen MR) is 71.7 cm³/mol. The number of benzene rings is 1. The predicted octanol–water partition coefficient (Wildman–Crippen LogP) is 2.98. The summed E-state index contributed by atoms with van der Waals surface area (Å²) in [6.45, 7) is 7.72. The Morgan fingerprint density at radius 2 is 2.18 bits per heavy atom. The molecule has 0 fully saturated rings. The van der Waals surface area contributed by atoms with Crippen LogP contribution in [0.1, 0.15) is 38.7 Å². The minimum absolute atomic E-state index is 0.118. The summed E-state index contributed by atoms with van der Waals surface area (Å²) in [6.07, 6.45) is 0.991. The van der Waals surface area contributed by atoms with Crippen molar-refractivity contribution in [1.82, 2.24) is 0 Å². The van der Waals surface area contributed by atoms with Gasteiger partial charge in [-0.2, -0.15) is 0 Å². The Labute approximate surface area is 103 Å². The number of carbonyl (C=O) groups is 1. The van der Waals surface area contributed by atoms with Gasteiger partial charge in [-0.05, 0) is 30.0 Å². The lowest BCUT2D eigenvalue weighted by molar-refractivity contribution is -0.116. The lowest BCUT2D eigenvalue weighted by atomic mass is 10.0. The highest BCUT2D eigenvalue weighted by Gasteiger charge is 2.18. The van der Waals surface area contributed by atoms with E-state index in [0.717, 1.165) is 30.9 Å². The van der Waals surface area contributed by atoms with E-state index in [2.05, 4.69) is 37.4 Å². The van der Waals surface area contributed by atoms with Gasteiger partial charge in [-0.1, -0.05) is 19.9 Å². The SMILES string of the molecule is CC(=O)N1CCCNc2cc(C(C)C)ccc21. The van der Waals surface area contributed by atoms with Crippen molar-refractivity contribution in [3.8, 4) is 0 Å². The number of anilines is 2. The van der Waals surface area contributed by atoms with Gasteiger partial charge in [0.2, 0.25) is 5.91 Å². The van der Waals surface area contributed by atoms with E-state index < -0.39 is 0 Å². The molecule has 17 heavy (non-hydrogen) atoms. The van der Waals surface area contributed by atoms with E-state index in [0.29, 0.717) is 5.92 Å². The number of fused-ring (bicyclic) bond motifs is 1. The van der Waals surface area contributed by atoms with Gasteiger partial charge in [0.1, 0.15) is 0 Å². The number of nitrogens with one attached hydrogen (secondary N) is 1. The smallest absolute Gasteiger partial charge is 0.223 e. The van der Waals surface area contributed by atoms with Crippen LogP contribution >= 0.6 is 0 Å². The van der Waals surface area contributed by atoms with Crippen molar-refractivity contribution in [2.24, 2.45) is 0 Å². The third kappa shape index (κ3) is 2.43. The average molecular weight is 232 g/mol. The van der Waals surface area contributed by atoms with Crippen LogP contribution in [0.4, 0.5) is 11.4 Å². The van der Waals surface area contributed by atoms with Crippen molar-refractivity contribution in [1.29, 1.82) is 0 Å². The molecule has 1 N–H and O–H groups in total. The Morgan fingerprint density at radius 1 is 1.41 bits per heavy atom. The van der Waals surface area contributed by atoms with Crippen LogP contribution < -0.4 is 10.2 Å². The second kappa shape index (κ2) is 4.78. The molecule has 1 aliphatic heterocycles. The molecule has 0 aromatic heterocycles. The van der Waals surface area contributed by atoms with Crippen LogP contribution in [0, 0.1) is 0 Å². The number of hydrogen-bond acceptors (Lipinski definition) is 2. The minimum Gasteiger partial charge on any atom is -0.383 e. The molecule has 0 radical (unpaired) electrons. The van der Waals surface area contributed by atoms with Gasteiger partial charge in [0.05, 0.1) is 11.4 Å². The van der Waals surface area contributed by atoms with Crippen molar-refractivity contribution in [2.45, 2.75) is 33.1 Å². The molecule has 0 spiro atoms. The van der Waals surface area contributed by atoms with Gasteiger partial charge in [-0.25, -0.2) is 0 Å². The zero-order chi connectivity index (χ0) is 12.4. The molecule has 1 aromatic carbocycles. The standard InChI is InChI=1S/C14H20N2O/c1-10(2)12-5-6-14-13(9-12)15-7-4-8-16(14)11(3)17/h5-6,9-10,15H,4,7-8H2,1-3H3. The van der Waals surface area contributed by atoms with Crippen molar-refractivity contribution in [3.05, 3.63) is 23.8 Å². The Kier molecular flexibility index (Phi) is 3.36. The molecular formula is C14H20N2O. The highest BCUT2D eigenvalue weighted by atomic mass is 16.2. The molecule has 1 aliphatic rings. The molecule has 0 unspecified atom stereocenters. The van der Waals surface area contributed by atoms with Crippen LogP contribution in [0.25, 0.3) is 0 Å². The molecule has 3 heteroatoms. The minimum atomic E-state index is 0.118. The zero-order valence-corrected chi connectivity index (χ0v) is 10.8. The normalized spacial score (nSPS) is 15.2. The molecule has 3 nitrogen and oxygen atoms in total. The summed E-state index contributed by atoms with van der Waals surface area (Å²) >= 11 is 0. The fourth-order valence-corrected chi connectivity index (χ4v) is 2.20. The zero-order valence-electron chi connectivity index (χ0n) is 10.8. The largest absolute Gasteiger partial charge is 0.383 e. The first-order chi connectivity index (χ1) is 8.09. The fraction of sp³-hybridized carbons (Fsp3) is 0.500. The van der Waals surface area contributed by atoms with E-state index in [1.807, 2.05) is 4.90 Å². The average Bonchev–Trinajstić information content (AvgIpc) is 2.49. The number of nitrogens with zero attached hydrogens (tertiary/aromatic N) is 1. The van der Waals surface area contributed by atoms with Gasteiger partial charge in [-0.15, -0.1) is 0 Å². The summed E-state index contributed by atoms with van der Waals surface area (Å²) in [5, 5.41) is 3.41. The van der Waals surface area contributed by atoms with Crippen molar-refractivity contribution >= 4 is 17.3 Å². The maximum atomic E-state index is 11.6. The van der Waals surface area contributed by atoms with Crippen molar-refractivity contribution in [2.75, 3.05) is 23.3 Å². The van der Waals surface area contributed by atoms with Crippen molar-refractivity contribution < 1.29 is 4.79 Å². The van der Waals surface area contributed by atoms with Crippen molar-refractivity contribution in [3.63, 3.8) is 0 Å². The Bertz CT molecular complexity index is 426. The van der Waals surface area contributed by atoms with Gasteiger partial charge in [0, 0.05) is 20.0 Å². The molecule has 1 amide bonds. The lowest BCUT2D eigenvalue weighted by Gasteiger charge is -2.21. The summed E-state index contributed by atoms with van der Waals surface area (Å²) in [5.74, 6) is 0.628. The van der Waals surface area contributed by atoms with Crippen LogP contribution in [0.3, 0.4) is 0 Å². The maximum Gasteiger partial charge on any atom is 0.223 e. The lowest BCUT2D eigenvalue weighted by Crippen LogP contribution is -2.28. The summed E-state index contributed by atoms with van der Waals surface area (Å²) in [7, 11) is 0. The van der Waals surface area contributed by atoms with E-state index in [1.54, 1.807) is 6.92 Å². The fourth-order valence-electron chi connectivity index (χ4n) is 2.20. The van der Waals surface area contributed by atoms with Crippen LogP contribution in [0.15, 0.2) is 18.2 Å². The highest BCUT2D eigenvalue weighted by Crippen LogP contribution is 2.31. The summed E-state index contributed by atoms with van der Waals surface area (Å²) < 4.78 is 0. The number of hydrogen-bond donors (Lipinski definition) is 1. The summed E-state index contributed by atoms with van der Waals surface area (Å²) in [4.78, 5) is 13.5. The Hall–Kier alpha value is -1.51. The summed E-state index contributed by atoms with van der Waals surface area (Å²) in [5.41, 5.74) is 3.41. The molecular weight excluding hydrogens is 212 g/mol. The Morgan fingerprint density at radius 3 is 2.82 bits per heavy atom. The molecule has 0 saturated carbocycles. The third-order valence-electron chi connectivity index (χ3n) is 3.23. The van der Waals surface area contributed by atoms with Gasteiger partial charge >= 0.3 is 0 Å². The Balaban J connectivity index is 2.42. The molecule has 1 heterocycles. The van der Waals surface area contributed by atoms with E-state index in [9.17, 15) is 4.79 Å². The summed E-state index contributed by atoms with van der Waals surface area (Å²) in [6, 6.07) is 6.35. The molecule has 0 bridgehead atoms. The van der Waals surface area contributed by atoms with Gasteiger partial charge in [0.25, 0.3) is 0 Å². The van der Waals surface area contributed by atoms with Gasteiger partial charge in [-0.3, -0.25) is 4.79 Å². The second-order valence-corrected chi connectivity index (χ2v) is 4.88. The first-order valence-corrected chi connectivity index (χ1v) is 6.25. The molecule has 1 aromatic rings.